The lowest BCUT2D eigenvalue weighted by molar-refractivity contribution is -0.118. The third-order valence-corrected chi connectivity index (χ3v) is 3.04. The molecule has 1 amide bonds. The zero-order valence-corrected chi connectivity index (χ0v) is 11.8. The molecule has 0 fully saturated rings. The van der Waals surface area contributed by atoms with Crippen LogP contribution in [0.2, 0.25) is 0 Å². The average molecular weight is 271 g/mol. The van der Waals surface area contributed by atoms with Crippen molar-refractivity contribution in [2.45, 2.75) is 20.8 Å². The molecule has 2 rings (SSSR count). The van der Waals surface area contributed by atoms with E-state index in [1.165, 1.54) is 0 Å². The fourth-order valence-corrected chi connectivity index (χ4v) is 1.81. The number of nitrogens with one attached hydrogen (secondary N) is 1. The third-order valence-electron chi connectivity index (χ3n) is 3.04. The molecule has 0 unspecified atom stereocenters. The number of aryl methyl sites for hydroxylation is 1. The first-order valence-electron chi connectivity index (χ1n) is 6.48. The molecule has 4 nitrogen and oxygen atoms in total. The molecular formula is C16H17NO3. The fraction of sp³-hybridized carbons (Fsp3) is 0.250. The van der Waals surface area contributed by atoms with Crippen molar-refractivity contribution >= 4 is 17.9 Å². The van der Waals surface area contributed by atoms with E-state index in [2.05, 4.69) is 5.32 Å². The fourth-order valence-electron chi connectivity index (χ4n) is 1.81. The van der Waals surface area contributed by atoms with E-state index < -0.39 is 0 Å². The van der Waals surface area contributed by atoms with E-state index in [-0.39, 0.29) is 17.6 Å². The van der Waals surface area contributed by atoms with Crippen molar-refractivity contribution in [1.82, 2.24) is 0 Å². The van der Waals surface area contributed by atoms with Crippen molar-refractivity contribution in [3.63, 3.8) is 0 Å². The molecule has 0 bridgehead atoms. The van der Waals surface area contributed by atoms with Crippen LogP contribution in [0.1, 0.15) is 30.0 Å². The van der Waals surface area contributed by atoms with E-state index in [0.29, 0.717) is 17.7 Å². The minimum absolute atomic E-state index is 0.0344. The van der Waals surface area contributed by atoms with Crippen molar-refractivity contribution in [1.29, 1.82) is 0 Å². The summed E-state index contributed by atoms with van der Waals surface area (Å²) in [5.41, 5.74) is 2.59. The largest absolute Gasteiger partial charge is 0.453 e. The van der Waals surface area contributed by atoms with E-state index >= 15 is 0 Å². The molecule has 2 aromatic rings. The lowest BCUT2D eigenvalue weighted by Crippen LogP contribution is -2.17. The summed E-state index contributed by atoms with van der Waals surface area (Å²) in [5.74, 6) is 0.791. The number of benzene rings is 1. The van der Waals surface area contributed by atoms with Crippen LogP contribution >= 0.6 is 0 Å². The topological polar surface area (TPSA) is 59.3 Å². The smallest absolute Gasteiger partial charge is 0.226 e. The van der Waals surface area contributed by atoms with Gasteiger partial charge in [-0.15, -0.1) is 0 Å². The van der Waals surface area contributed by atoms with Crippen LogP contribution in [0.25, 0.3) is 11.3 Å². The van der Waals surface area contributed by atoms with Gasteiger partial charge >= 0.3 is 0 Å². The second-order valence-corrected chi connectivity index (χ2v) is 4.99. The number of carbonyl (C=O) groups excluding carboxylic acids is 2. The van der Waals surface area contributed by atoms with Crippen molar-refractivity contribution < 1.29 is 14.0 Å². The predicted octanol–water partition coefficient (Wildman–Crippen LogP) is 3.66. The predicted molar refractivity (Wildman–Crippen MR) is 77.7 cm³/mol. The van der Waals surface area contributed by atoms with E-state index in [1.807, 2.05) is 39.0 Å². The normalized spacial score (nSPS) is 10.6. The molecule has 1 N–H and O–H groups in total. The highest BCUT2D eigenvalue weighted by Gasteiger charge is 2.11. The van der Waals surface area contributed by atoms with Crippen LogP contribution in [0.4, 0.5) is 5.69 Å². The minimum Gasteiger partial charge on any atom is -0.453 e. The Labute approximate surface area is 117 Å². The maximum absolute atomic E-state index is 11.7. The minimum atomic E-state index is -0.0787. The Morgan fingerprint density at radius 1 is 1.25 bits per heavy atom. The zero-order chi connectivity index (χ0) is 14.7. The number of amides is 1. The molecule has 0 aliphatic heterocycles. The lowest BCUT2D eigenvalue weighted by atomic mass is 10.1. The average Bonchev–Trinajstić information content (AvgIpc) is 2.89. The number of furan rings is 1. The Hall–Kier alpha value is -2.36. The van der Waals surface area contributed by atoms with Gasteiger partial charge in [0.25, 0.3) is 0 Å². The maximum atomic E-state index is 11.7. The van der Waals surface area contributed by atoms with Crippen molar-refractivity contribution in [3.05, 3.63) is 41.7 Å². The summed E-state index contributed by atoms with van der Waals surface area (Å²) in [7, 11) is 0. The van der Waals surface area contributed by atoms with Crippen molar-refractivity contribution in [3.8, 4) is 11.3 Å². The molecule has 0 saturated heterocycles. The van der Waals surface area contributed by atoms with Crippen LogP contribution < -0.4 is 5.32 Å². The van der Waals surface area contributed by atoms with Gasteiger partial charge in [-0.2, -0.15) is 0 Å². The summed E-state index contributed by atoms with van der Waals surface area (Å²) in [5, 5.41) is 2.85. The first kappa shape index (κ1) is 14.1. The summed E-state index contributed by atoms with van der Waals surface area (Å²) in [6.45, 7) is 5.63. The summed E-state index contributed by atoms with van der Waals surface area (Å²) in [4.78, 5) is 22.4. The molecule has 0 saturated carbocycles. The second-order valence-electron chi connectivity index (χ2n) is 4.99. The Kier molecular flexibility index (Phi) is 4.03. The van der Waals surface area contributed by atoms with E-state index in [4.69, 9.17) is 4.42 Å². The van der Waals surface area contributed by atoms with Crippen LogP contribution in [-0.2, 0) is 4.79 Å². The second kappa shape index (κ2) is 5.74. The Morgan fingerprint density at radius 2 is 2.00 bits per heavy atom. The summed E-state index contributed by atoms with van der Waals surface area (Å²) < 4.78 is 5.43. The standard InChI is InChI=1S/C16H17NO3/c1-10(2)16(19)17-12-5-4-11(3)14(8-12)15-7-6-13(9-18)20-15/h4-10H,1-3H3,(H,17,19). The van der Waals surface area contributed by atoms with Gasteiger partial charge in [-0.1, -0.05) is 19.9 Å². The molecule has 0 aliphatic rings. The third kappa shape index (κ3) is 2.96. The van der Waals surface area contributed by atoms with Gasteiger partial charge < -0.3 is 9.73 Å². The van der Waals surface area contributed by atoms with Gasteiger partial charge in [0.15, 0.2) is 12.0 Å². The van der Waals surface area contributed by atoms with E-state index in [9.17, 15) is 9.59 Å². The van der Waals surface area contributed by atoms with Gasteiger partial charge in [0.05, 0.1) is 0 Å². The number of rotatable bonds is 4. The number of hydrogen-bond acceptors (Lipinski definition) is 3. The van der Waals surface area contributed by atoms with Gasteiger partial charge in [0, 0.05) is 17.2 Å². The number of anilines is 1. The van der Waals surface area contributed by atoms with Crippen LogP contribution in [0.5, 0.6) is 0 Å². The highest BCUT2D eigenvalue weighted by Crippen LogP contribution is 2.28. The Bertz CT molecular complexity index is 641. The first-order chi connectivity index (χ1) is 9.51. The maximum Gasteiger partial charge on any atom is 0.226 e. The van der Waals surface area contributed by atoms with Crippen LogP contribution in [0.15, 0.2) is 34.7 Å². The first-order valence-corrected chi connectivity index (χ1v) is 6.48. The van der Waals surface area contributed by atoms with Crippen molar-refractivity contribution in [2.24, 2.45) is 5.92 Å². The van der Waals surface area contributed by atoms with Gasteiger partial charge in [-0.3, -0.25) is 9.59 Å². The molecular weight excluding hydrogens is 254 g/mol. The summed E-state index contributed by atoms with van der Waals surface area (Å²) in [6.07, 6.45) is 0.670. The molecule has 0 spiro atoms. The molecule has 1 aromatic carbocycles. The van der Waals surface area contributed by atoms with Crippen LogP contribution in [0.3, 0.4) is 0 Å². The highest BCUT2D eigenvalue weighted by atomic mass is 16.3. The summed E-state index contributed by atoms with van der Waals surface area (Å²) >= 11 is 0. The zero-order valence-electron chi connectivity index (χ0n) is 11.8. The quantitative estimate of drug-likeness (QED) is 0.863. The Balaban J connectivity index is 2.33. The van der Waals surface area contributed by atoms with Gasteiger partial charge in [0.1, 0.15) is 5.76 Å². The molecule has 104 valence electrons. The number of carbonyl (C=O) groups is 2. The molecule has 0 atom stereocenters. The molecule has 0 aliphatic carbocycles. The highest BCUT2D eigenvalue weighted by molar-refractivity contribution is 5.92. The molecule has 1 heterocycles. The SMILES string of the molecule is Cc1ccc(NC(=O)C(C)C)cc1-c1ccc(C=O)o1. The van der Waals surface area contributed by atoms with Crippen LogP contribution in [-0.4, -0.2) is 12.2 Å². The Morgan fingerprint density at radius 3 is 2.60 bits per heavy atom. The lowest BCUT2D eigenvalue weighted by Gasteiger charge is -2.10. The monoisotopic (exact) mass is 271 g/mol. The molecule has 20 heavy (non-hydrogen) atoms. The molecule has 0 radical (unpaired) electrons. The van der Waals surface area contributed by atoms with Gasteiger partial charge in [0.2, 0.25) is 5.91 Å². The van der Waals surface area contributed by atoms with Gasteiger partial charge in [-0.05, 0) is 36.8 Å². The molecule has 4 heteroatoms. The number of aldehydes is 1. The van der Waals surface area contributed by atoms with Gasteiger partial charge in [-0.25, -0.2) is 0 Å². The van der Waals surface area contributed by atoms with E-state index in [0.717, 1.165) is 11.1 Å². The number of hydrogen-bond donors (Lipinski definition) is 1. The summed E-state index contributed by atoms with van der Waals surface area (Å²) in [6, 6.07) is 8.99. The molecule has 1 aromatic heterocycles. The van der Waals surface area contributed by atoms with Crippen LogP contribution in [0, 0.1) is 12.8 Å². The van der Waals surface area contributed by atoms with E-state index in [1.54, 1.807) is 12.1 Å². The van der Waals surface area contributed by atoms with Crippen molar-refractivity contribution in [2.75, 3.05) is 5.32 Å².